The molecular formula is C16H22O3. The standard InChI is InChI=1S/C16H22O3/c17-15-9-6-13(7-10-15)8-11-16(18)19-12-14-4-2-1-3-5-14/h1-5,13,15,17H,6-12H2. The Labute approximate surface area is 114 Å². The van der Waals surface area contributed by atoms with Crippen LogP contribution in [0.1, 0.15) is 44.1 Å². The second-order valence-corrected chi connectivity index (χ2v) is 5.36. The maximum absolute atomic E-state index is 11.7. The molecule has 0 bridgehead atoms. The molecule has 0 spiro atoms. The number of hydrogen-bond donors (Lipinski definition) is 1. The largest absolute Gasteiger partial charge is 0.461 e. The SMILES string of the molecule is O=C(CCC1CCC(O)CC1)OCc1ccccc1. The van der Waals surface area contributed by atoms with E-state index >= 15 is 0 Å². The third-order valence-corrected chi connectivity index (χ3v) is 3.82. The van der Waals surface area contributed by atoms with Gasteiger partial charge in [-0.2, -0.15) is 0 Å². The highest BCUT2D eigenvalue weighted by atomic mass is 16.5. The molecule has 3 heteroatoms. The van der Waals surface area contributed by atoms with Crippen molar-refractivity contribution in [1.82, 2.24) is 0 Å². The molecule has 1 saturated carbocycles. The van der Waals surface area contributed by atoms with Gasteiger partial charge in [0.2, 0.25) is 0 Å². The van der Waals surface area contributed by atoms with Gasteiger partial charge in [-0.25, -0.2) is 0 Å². The molecule has 3 nitrogen and oxygen atoms in total. The Balaban J connectivity index is 1.62. The summed E-state index contributed by atoms with van der Waals surface area (Å²) in [5.74, 6) is 0.461. The van der Waals surface area contributed by atoms with Crippen LogP contribution in [0.5, 0.6) is 0 Å². The van der Waals surface area contributed by atoms with E-state index in [0.717, 1.165) is 37.7 Å². The summed E-state index contributed by atoms with van der Waals surface area (Å²) >= 11 is 0. The van der Waals surface area contributed by atoms with Crippen LogP contribution in [-0.4, -0.2) is 17.2 Å². The monoisotopic (exact) mass is 262 g/mol. The van der Waals surface area contributed by atoms with Gasteiger partial charge < -0.3 is 9.84 Å². The van der Waals surface area contributed by atoms with Gasteiger partial charge in [0.1, 0.15) is 6.61 Å². The summed E-state index contributed by atoms with van der Waals surface area (Å²) in [4.78, 5) is 11.7. The van der Waals surface area contributed by atoms with Gasteiger partial charge in [-0.05, 0) is 43.6 Å². The van der Waals surface area contributed by atoms with Crippen LogP contribution in [0, 0.1) is 5.92 Å². The number of esters is 1. The van der Waals surface area contributed by atoms with Crippen LogP contribution in [0.4, 0.5) is 0 Å². The highest BCUT2D eigenvalue weighted by Gasteiger charge is 2.20. The van der Waals surface area contributed by atoms with Gasteiger partial charge in [0.05, 0.1) is 6.10 Å². The highest BCUT2D eigenvalue weighted by Crippen LogP contribution is 2.27. The molecule has 1 aromatic rings. The van der Waals surface area contributed by atoms with Crippen LogP contribution in [0.2, 0.25) is 0 Å². The third kappa shape index (κ3) is 5.03. The van der Waals surface area contributed by atoms with E-state index in [2.05, 4.69) is 0 Å². The molecule has 0 unspecified atom stereocenters. The lowest BCUT2D eigenvalue weighted by Gasteiger charge is -2.24. The third-order valence-electron chi connectivity index (χ3n) is 3.82. The summed E-state index contributed by atoms with van der Waals surface area (Å²) in [5, 5.41) is 9.42. The van der Waals surface area contributed by atoms with Gasteiger partial charge in [0.15, 0.2) is 0 Å². The molecule has 0 saturated heterocycles. The molecule has 2 rings (SSSR count). The molecule has 19 heavy (non-hydrogen) atoms. The summed E-state index contributed by atoms with van der Waals surface area (Å²) in [5.41, 5.74) is 1.02. The Morgan fingerprint density at radius 1 is 1.16 bits per heavy atom. The lowest BCUT2D eigenvalue weighted by Crippen LogP contribution is -2.19. The van der Waals surface area contributed by atoms with Crippen molar-refractivity contribution in [2.45, 2.75) is 51.2 Å². The lowest BCUT2D eigenvalue weighted by atomic mass is 9.85. The molecule has 0 radical (unpaired) electrons. The molecular weight excluding hydrogens is 240 g/mol. The van der Waals surface area contributed by atoms with Crippen molar-refractivity contribution in [2.24, 2.45) is 5.92 Å². The summed E-state index contributed by atoms with van der Waals surface area (Å²) < 4.78 is 5.25. The number of carbonyl (C=O) groups excluding carboxylic acids is 1. The van der Waals surface area contributed by atoms with Crippen molar-refractivity contribution < 1.29 is 14.6 Å². The van der Waals surface area contributed by atoms with Crippen LogP contribution in [0.25, 0.3) is 0 Å². The smallest absolute Gasteiger partial charge is 0.306 e. The number of ether oxygens (including phenoxy) is 1. The van der Waals surface area contributed by atoms with E-state index in [1.165, 1.54) is 0 Å². The molecule has 0 atom stereocenters. The van der Waals surface area contributed by atoms with Crippen LogP contribution in [-0.2, 0) is 16.1 Å². The average molecular weight is 262 g/mol. The summed E-state index contributed by atoms with van der Waals surface area (Å²) in [6.07, 6.45) is 5.09. The fourth-order valence-electron chi connectivity index (χ4n) is 2.57. The second-order valence-electron chi connectivity index (χ2n) is 5.36. The van der Waals surface area contributed by atoms with E-state index in [-0.39, 0.29) is 12.1 Å². The Hall–Kier alpha value is -1.35. The first-order chi connectivity index (χ1) is 9.24. The van der Waals surface area contributed by atoms with Gasteiger partial charge >= 0.3 is 5.97 Å². The van der Waals surface area contributed by atoms with Crippen molar-refractivity contribution in [3.63, 3.8) is 0 Å². The molecule has 0 amide bonds. The number of aliphatic hydroxyl groups is 1. The maximum atomic E-state index is 11.7. The minimum absolute atomic E-state index is 0.116. The molecule has 0 aromatic heterocycles. The molecule has 1 aliphatic rings. The Morgan fingerprint density at radius 3 is 2.53 bits per heavy atom. The van der Waals surface area contributed by atoms with Crippen LogP contribution in [0.15, 0.2) is 30.3 Å². The molecule has 1 aromatic carbocycles. The Kier molecular flexibility index (Phi) is 5.40. The first-order valence-corrected chi connectivity index (χ1v) is 7.11. The summed E-state index contributed by atoms with van der Waals surface area (Å²) in [6, 6.07) is 9.74. The van der Waals surface area contributed by atoms with E-state index in [4.69, 9.17) is 4.74 Å². The number of aliphatic hydroxyl groups excluding tert-OH is 1. The van der Waals surface area contributed by atoms with Gasteiger partial charge in [0, 0.05) is 6.42 Å². The number of benzene rings is 1. The minimum atomic E-state index is -0.124. The van der Waals surface area contributed by atoms with Crippen LogP contribution < -0.4 is 0 Å². The average Bonchev–Trinajstić information content (AvgIpc) is 2.45. The van der Waals surface area contributed by atoms with E-state index in [1.54, 1.807) is 0 Å². The number of carbonyl (C=O) groups is 1. The zero-order chi connectivity index (χ0) is 13.5. The minimum Gasteiger partial charge on any atom is -0.461 e. The number of rotatable bonds is 5. The molecule has 1 aliphatic carbocycles. The number of hydrogen-bond acceptors (Lipinski definition) is 3. The predicted octanol–water partition coefficient (Wildman–Crippen LogP) is 3.06. The van der Waals surface area contributed by atoms with E-state index in [1.807, 2.05) is 30.3 Å². The predicted molar refractivity (Wildman–Crippen MR) is 73.4 cm³/mol. The second kappa shape index (κ2) is 7.29. The van der Waals surface area contributed by atoms with Gasteiger partial charge in [-0.1, -0.05) is 30.3 Å². The van der Waals surface area contributed by atoms with E-state index < -0.39 is 0 Å². The van der Waals surface area contributed by atoms with Crippen molar-refractivity contribution in [3.05, 3.63) is 35.9 Å². The maximum Gasteiger partial charge on any atom is 0.306 e. The highest BCUT2D eigenvalue weighted by molar-refractivity contribution is 5.69. The van der Waals surface area contributed by atoms with Gasteiger partial charge in [-0.3, -0.25) is 4.79 Å². The normalized spacial score (nSPS) is 23.0. The van der Waals surface area contributed by atoms with Crippen molar-refractivity contribution >= 4 is 5.97 Å². The first kappa shape index (κ1) is 14.1. The fourth-order valence-corrected chi connectivity index (χ4v) is 2.57. The molecule has 0 heterocycles. The van der Waals surface area contributed by atoms with Gasteiger partial charge in [-0.15, -0.1) is 0 Å². The van der Waals surface area contributed by atoms with Crippen molar-refractivity contribution in [2.75, 3.05) is 0 Å². The summed E-state index contributed by atoms with van der Waals surface area (Å²) in [7, 11) is 0. The Bertz CT molecular complexity index is 380. The molecule has 0 aliphatic heterocycles. The van der Waals surface area contributed by atoms with Crippen LogP contribution in [0.3, 0.4) is 0 Å². The van der Waals surface area contributed by atoms with Crippen molar-refractivity contribution in [3.8, 4) is 0 Å². The van der Waals surface area contributed by atoms with E-state index in [9.17, 15) is 9.90 Å². The van der Waals surface area contributed by atoms with Crippen LogP contribution >= 0.6 is 0 Å². The summed E-state index contributed by atoms with van der Waals surface area (Å²) in [6.45, 7) is 0.364. The molecule has 1 N–H and O–H groups in total. The Morgan fingerprint density at radius 2 is 1.84 bits per heavy atom. The molecule has 104 valence electrons. The quantitative estimate of drug-likeness (QED) is 0.830. The van der Waals surface area contributed by atoms with Gasteiger partial charge in [0.25, 0.3) is 0 Å². The van der Waals surface area contributed by atoms with E-state index in [0.29, 0.717) is 18.9 Å². The lowest BCUT2D eigenvalue weighted by molar-refractivity contribution is -0.145. The van der Waals surface area contributed by atoms with Crippen molar-refractivity contribution in [1.29, 1.82) is 0 Å². The fraction of sp³-hybridized carbons (Fsp3) is 0.562. The first-order valence-electron chi connectivity index (χ1n) is 7.11. The zero-order valence-corrected chi connectivity index (χ0v) is 11.3. The zero-order valence-electron chi connectivity index (χ0n) is 11.3. The molecule has 1 fully saturated rings. The topological polar surface area (TPSA) is 46.5 Å².